The normalized spacial score (nSPS) is 22.3. The molecule has 2 saturated heterocycles. The molecule has 1 N–H and O–H groups in total. The molecule has 1 amide bonds. The quantitative estimate of drug-likeness (QED) is 0.543. The van der Waals surface area contributed by atoms with Crippen molar-refractivity contribution in [2.24, 2.45) is 0 Å². The Morgan fingerprint density at radius 3 is 2.62 bits per heavy atom. The lowest BCUT2D eigenvalue weighted by molar-refractivity contribution is -0.118. The van der Waals surface area contributed by atoms with Gasteiger partial charge in [-0.3, -0.25) is 9.69 Å². The van der Waals surface area contributed by atoms with Crippen LogP contribution in [-0.4, -0.2) is 43.5 Å². The van der Waals surface area contributed by atoms with E-state index in [2.05, 4.69) is 41.4 Å². The largest absolute Gasteiger partial charge is 0.316 e. The zero-order chi connectivity index (χ0) is 20.5. The molecule has 2 heterocycles. The van der Waals surface area contributed by atoms with Crippen LogP contribution in [0.2, 0.25) is 0 Å². The number of hydrogen-bond acceptors (Lipinski definition) is 3. The lowest BCUT2D eigenvalue weighted by Crippen LogP contribution is -2.44. The van der Waals surface area contributed by atoms with Gasteiger partial charge in [0.2, 0.25) is 5.91 Å². The molecule has 1 aromatic carbocycles. The van der Waals surface area contributed by atoms with Gasteiger partial charge in [0.1, 0.15) is 0 Å². The van der Waals surface area contributed by atoms with Crippen molar-refractivity contribution in [3.05, 3.63) is 29.8 Å². The maximum atomic E-state index is 12.5. The molecule has 4 heteroatoms. The number of benzene rings is 1. The highest BCUT2D eigenvalue weighted by atomic mass is 16.2. The van der Waals surface area contributed by atoms with Gasteiger partial charge in [0, 0.05) is 37.8 Å². The minimum Gasteiger partial charge on any atom is -0.316 e. The van der Waals surface area contributed by atoms with Crippen molar-refractivity contribution >= 4 is 11.6 Å². The highest BCUT2D eigenvalue weighted by molar-refractivity contribution is 5.92. The van der Waals surface area contributed by atoms with Crippen molar-refractivity contribution in [3.8, 4) is 0 Å². The van der Waals surface area contributed by atoms with Gasteiger partial charge < -0.3 is 10.2 Å². The number of rotatable bonds is 10. The minimum atomic E-state index is 0.188. The highest BCUT2D eigenvalue weighted by Gasteiger charge is 2.32. The summed E-state index contributed by atoms with van der Waals surface area (Å²) in [6.07, 6.45) is 13.7. The van der Waals surface area contributed by atoms with E-state index in [-0.39, 0.29) is 5.91 Å². The molecular formula is C25H41N3O. The molecule has 29 heavy (non-hydrogen) atoms. The molecule has 0 bridgehead atoms. The average Bonchev–Trinajstić information content (AvgIpc) is 2.77. The van der Waals surface area contributed by atoms with E-state index in [1.54, 1.807) is 0 Å². The smallest absolute Gasteiger partial charge is 0.227 e. The molecule has 2 atom stereocenters. The van der Waals surface area contributed by atoms with Gasteiger partial charge in [0.15, 0.2) is 0 Å². The molecule has 0 spiro atoms. The second-order valence-electron chi connectivity index (χ2n) is 8.94. The van der Waals surface area contributed by atoms with Crippen LogP contribution in [0.5, 0.6) is 0 Å². The molecule has 2 aliphatic heterocycles. The molecule has 1 aromatic rings. The lowest BCUT2D eigenvalue weighted by Gasteiger charge is -2.45. The first-order chi connectivity index (χ1) is 14.2. The van der Waals surface area contributed by atoms with E-state index in [9.17, 15) is 4.79 Å². The molecule has 162 valence electrons. The summed E-state index contributed by atoms with van der Waals surface area (Å²) in [5, 5.41) is 3.41. The lowest BCUT2D eigenvalue weighted by atomic mass is 9.86. The first-order valence-electron chi connectivity index (χ1n) is 12.0. The highest BCUT2D eigenvalue weighted by Crippen LogP contribution is 2.38. The number of piperidine rings is 2. The second-order valence-corrected chi connectivity index (χ2v) is 8.94. The molecule has 0 aliphatic carbocycles. The van der Waals surface area contributed by atoms with E-state index in [0.29, 0.717) is 12.5 Å². The molecule has 0 aromatic heterocycles. The standard InChI is InChI=1S/C25H41N3O/c1-3-4-5-7-18-26-19-17-25(29)27(2)22-15-13-21(14-16-22)24-12-9-11-23-10-6-8-20-28(23)24/h13-16,23-24,26H,3-12,17-20H2,1-2H3/t23-,24-/m1/s1. The summed E-state index contributed by atoms with van der Waals surface area (Å²) in [4.78, 5) is 17.1. The van der Waals surface area contributed by atoms with Crippen molar-refractivity contribution in [2.75, 3.05) is 31.6 Å². The monoisotopic (exact) mass is 399 g/mol. The zero-order valence-electron chi connectivity index (χ0n) is 18.7. The summed E-state index contributed by atoms with van der Waals surface area (Å²) in [6, 6.07) is 10.2. The number of nitrogens with one attached hydrogen (secondary N) is 1. The van der Waals surface area contributed by atoms with Gasteiger partial charge in [-0.05, 0) is 69.3 Å². The van der Waals surface area contributed by atoms with E-state index in [1.165, 1.54) is 76.3 Å². The van der Waals surface area contributed by atoms with E-state index in [0.717, 1.165) is 24.8 Å². The van der Waals surface area contributed by atoms with Gasteiger partial charge >= 0.3 is 0 Å². The van der Waals surface area contributed by atoms with E-state index < -0.39 is 0 Å². The summed E-state index contributed by atoms with van der Waals surface area (Å²) in [5.41, 5.74) is 2.43. The number of hydrogen-bond donors (Lipinski definition) is 1. The Balaban J connectivity index is 1.47. The van der Waals surface area contributed by atoms with E-state index in [4.69, 9.17) is 0 Å². The summed E-state index contributed by atoms with van der Waals surface area (Å²) in [6.45, 7) is 5.27. The Kier molecular flexibility index (Phi) is 9.00. The second kappa shape index (κ2) is 11.7. The third-order valence-corrected chi connectivity index (χ3v) is 6.85. The molecule has 0 radical (unpaired) electrons. The van der Waals surface area contributed by atoms with Crippen molar-refractivity contribution in [2.45, 2.75) is 89.6 Å². The van der Waals surface area contributed by atoms with Gasteiger partial charge in [-0.2, -0.15) is 0 Å². The number of fused-ring (bicyclic) bond motifs is 1. The van der Waals surface area contributed by atoms with Gasteiger partial charge in [-0.15, -0.1) is 0 Å². The average molecular weight is 400 g/mol. The molecule has 2 aliphatic rings. The Morgan fingerprint density at radius 1 is 1.03 bits per heavy atom. The van der Waals surface area contributed by atoms with Crippen LogP contribution in [0.25, 0.3) is 0 Å². The van der Waals surface area contributed by atoms with Crippen LogP contribution < -0.4 is 10.2 Å². The zero-order valence-corrected chi connectivity index (χ0v) is 18.7. The maximum absolute atomic E-state index is 12.5. The first-order valence-corrected chi connectivity index (χ1v) is 12.0. The van der Waals surface area contributed by atoms with E-state index in [1.807, 2.05) is 11.9 Å². The minimum absolute atomic E-state index is 0.188. The third-order valence-electron chi connectivity index (χ3n) is 6.85. The molecule has 0 saturated carbocycles. The van der Waals surface area contributed by atoms with Crippen molar-refractivity contribution in [1.29, 1.82) is 0 Å². The fourth-order valence-electron chi connectivity index (χ4n) is 5.04. The number of carbonyl (C=O) groups is 1. The van der Waals surface area contributed by atoms with Crippen LogP contribution in [0.1, 0.15) is 89.2 Å². The first kappa shape index (κ1) is 22.3. The summed E-state index contributed by atoms with van der Waals surface area (Å²) in [7, 11) is 1.90. The summed E-state index contributed by atoms with van der Waals surface area (Å²) >= 11 is 0. The number of unbranched alkanes of at least 4 members (excludes halogenated alkanes) is 3. The summed E-state index contributed by atoms with van der Waals surface area (Å²) < 4.78 is 0. The predicted octanol–water partition coefficient (Wildman–Crippen LogP) is 5.29. The SMILES string of the molecule is CCCCCCNCCC(=O)N(C)c1ccc([C@H]2CCC[C@H]3CCCCN32)cc1. The molecule has 2 fully saturated rings. The number of nitrogens with zero attached hydrogens (tertiary/aromatic N) is 2. The number of amides is 1. The Labute approximate surface area is 178 Å². The topological polar surface area (TPSA) is 35.6 Å². The van der Waals surface area contributed by atoms with Gasteiger partial charge in [-0.25, -0.2) is 0 Å². The van der Waals surface area contributed by atoms with Crippen LogP contribution in [0.4, 0.5) is 5.69 Å². The molecular weight excluding hydrogens is 358 g/mol. The van der Waals surface area contributed by atoms with E-state index >= 15 is 0 Å². The van der Waals surface area contributed by atoms with Crippen LogP contribution in [0, 0.1) is 0 Å². The summed E-state index contributed by atoms with van der Waals surface area (Å²) in [5.74, 6) is 0.188. The van der Waals surface area contributed by atoms with Crippen molar-refractivity contribution < 1.29 is 4.79 Å². The fraction of sp³-hybridized carbons (Fsp3) is 0.720. The van der Waals surface area contributed by atoms with Gasteiger partial charge in [-0.1, -0.05) is 44.7 Å². The molecule has 4 nitrogen and oxygen atoms in total. The third kappa shape index (κ3) is 6.29. The maximum Gasteiger partial charge on any atom is 0.227 e. The van der Waals surface area contributed by atoms with Gasteiger partial charge in [0.05, 0.1) is 0 Å². The van der Waals surface area contributed by atoms with Crippen LogP contribution in [0.15, 0.2) is 24.3 Å². The Hall–Kier alpha value is -1.39. The van der Waals surface area contributed by atoms with Crippen molar-refractivity contribution in [1.82, 2.24) is 10.2 Å². The fourth-order valence-corrected chi connectivity index (χ4v) is 5.04. The van der Waals surface area contributed by atoms with Crippen LogP contribution in [-0.2, 0) is 4.79 Å². The molecule has 3 rings (SSSR count). The van der Waals surface area contributed by atoms with Crippen LogP contribution in [0.3, 0.4) is 0 Å². The molecule has 0 unspecified atom stereocenters. The Bertz CT molecular complexity index is 613. The van der Waals surface area contributed by atoms with Gasteiger partial charge in [0.25, 0.3) is 0 Å². The predicted molar refractivity (Wildman–Crippen MR) is 122 cm³/mol. The Morgan fingerprint density at radius 2 is 1.83 bits per heavy atom. The number of carbonyl (C=O) groups excluding carboxylic acids is 1. The van der Waals surface area contributed by atoms with Crippen molar-refractivity contribution in [3.63, 3.8) is 0 Å². The number of anilines is 1. The van der Waals surface area contributed by atoms with Crippen LogP contribution >= 0.6 is 0 Å².